The maximum Gasteiger partial charge on any atom is 0.404 e. The fraction of sp³-hybridized carbons (Fsp3) is 0.778. The van der Waals surface area contributed by atoms with Crippen LogP contribution in [0, 0.1) is 0 Å². The first-order chi connectivity index (χ1) is 8.04. The Labute approximate surface area is 100 Å². The minimum absolute atomic E-state index is 0.228. The van der Waals surface area contributed by atoms with E-state index >= 15 is 0 Å². The Bertz CT molecular complexity index is 200. The molecule has 0 bridgehead atoms. The van der Waals surface area contributed by atoms with Gasteiger partial charge in [-0.1, -0.05) is 0 Å². The van der Waals surface area contributed by atoms with Crippen molar-refractivity contribution in [3.8, 4) is 0 Å². The van der Waals surface area contributed by atoms with Crippen LogP contribution in [0.15, 0.2) is 0 Å². The van der Waals surface area contributed by atoms with Gasteiger partial charge in [-0.25, -0.2) is 9.59 Å². The summed E-state index contributed by atoms with van der Waals surface area (Å²) >= 11 is 0. The maximum absolute atomic E-state index is 9.82. The van der Waals surface area contributed by atoms with Crippen LogP contribution >= 0.6 is 0 Å². The van der Waals surface area contributed by atoms with Crippen LogP contribution in [-0.4, -0.2) is 57.4 Å². The van der Waals surface area contributed by atoms with E-state index in [2.05, 4.69) is 20.5 Å². The molecule has 0 saturated carbocycles. The van der Waals surface area contributed by atoms with Gasteiger partial charge in [0, 0.05) is 20.3 Å². The Hall–Kier alpha value is -1.54. The van der Waals surface area contributed by atoms with Gasteiger partial charge in [-0.2, -0.15) is 0 Å². The molecule has 17 heavy (non-hydrogen) atoms. The van der Waals surface area contributed by atoms with E-state index in [1.807, 2.05) is 6.92 Å². The number of rotatable bonds is 7. The number of carbonyl (C=O) groups excluding carboxylic acids is 1. The van der Waals surface area contributed by atoms with Crippen LogP contribution < -0.4 is 11.1 Å². The standard InChI is InChI=1S/C5H11NO3.C4H9NO3/c1-2-9-4-3-6-5(7)8;1-7-2-3-8-4(5)6/h6H,2-4H2,1H3,(H,7,8);2-3H2,1H3,(H2,5,6). The van der Waals surface area contributed by atoms with Gasteiger partial charge in [-0.15, -0.1) is 0 Å². The number of nitrogens with two attached hydrogens (primary N) is 1. The van der Waals surface area contributed by atoms with Gasteiger partial charge in [-0.3, -0.25) is 0 Å². The molecule has 0 aliphatic heterocycles. The zero-order valence-electron chi connectivity index (χ0n) is 10.1. The Balaban J connectivity index is 0. The molecule has 2 amide bonds. The molecular formula is C9H20N2O6. The molecule has 0 atom stereocenters. The lowest BCUT2D eigenvalue weighted by atomic mass is 10.7. The van der Waals surface area contributed by atoms with Crippen molar-refractivity contribution in [3.63, 3.8) is 0 Å². The molecule has 0 aromatic rings. The number of ether oxygens (including phenoxy) is 3. The highest BCUT2D eigenvalue weighted by Gasteiger charge is 1.90. The van der Waals surface area contributed by atoms with Gasteiger partial charge < -0.3 is 30.4 Å². The SMILES string of the molecule is CCOCCNC(=O)O.COCCOC(N)=O. The van der Waals surface area contributed by atoms with Crippen LogP contribution in [0.5, 0.6) is 0 Å². The normalized spacial score (nSPS) is 8.82. The van der Waals surface area contributed by atoms with E-state index < -0.39 is 12.2 Å². The van der Waals surface area contributed by atoms with Gasteiger partial charge in [0.1, 0.15) is 6.61 Å². The number of methoxy groups -OCH3 is 1. The topological polar surface area (TPSA) is 120 Å². The molecule has 0 aromatic carbocycles. The minimum Gasteiger partial charge on any atom is -0.465 e. The summed E-state index contributed by atoms with van der Waals surface area (Å²) in [5, 5.41) is 10.2. The molecule has 8 nitrogen and oxygen atoms in total. The van der Waals surface area contributed by atoms with Crippen LogP contribution in [0.4, 0.5) is 9.59 Å². The van der Waals surface area contributed by atoms with E-state index in [0.717, 1.165) is 0 Å². The number of amides is 2. The molecule has 0 saturated heterocycles. The summed E-state index contributed by atoms with van der Waals surface area (Å²) in [6, 6.07) is 0. The Morgan fingerprint density at radius 3 is 2.35 bits per heavy atom. The predicted molar refractivity (Wildman–Crippen MR) is 59.9 cm³/mol. The quantitative estimate of drug-likeness (QED) is 0.549. The predicted octanol–water partition coefficient (Wildman–Crippen LogP) is 0.0186. The van der Waals surface area contributed by atoms with Crippen molar-refractivity contribution in [1.82, 2.24) is 5.32 Å². The summed E-state index contributed by atoms with van der Waals surface area (Å²) in [7, 11) is 1.52. The first-order valence-electron chi connectivity index (χ1n) is 5.00. The van der Waals surface area contributed by atoms with Crippen LogP contribution in [0.3, 0.4) is 0 Å². The first kappa shape index (κ1) is 17.8. The molecule has 0 unspecified atom stereocenters. The molecule has 0 rings (SSSR count). The van der Waals surface area contributed by atoms with Crippen LogP contribution in [-0.2, 0) is 14.2 Å². The van der Waals surface area contributed by atoms with Crippen molar-refractivity contribution < 1.29 is 28.9 Å². The van der Waals surface area contributed by atoms with Gasteiger partial charge in [0.25, 0.3) is 0 Å². The van der Waals surface area contributed by atoms with Crippen LogP contribution in [0.25, 0.3) is 0 Å². The van der Waals surface area contributed by atoms with Crippen molar-refractivity contribution in [1.29, 1.82) is 0 Å². The highest BCUT2D eigenvalue weighted by molar-refractivity contribution is 5.64. The van der Waals surface area contributed by atoms with Crippen molar-refractivity contribution in [2.45, 2.75) is 6.92 Å². The number of hydrogen-bond acceptors (Lipinski definition) is 5. The molecule has 4 N–H and O–H groups in total. The van der Waals surface area contributed by atoms with Gasteiger partial charge in [0.15, 0.2) is 0 Å². The first-order valence-corrected chi connectivity index (χ1v) is 5.00. The largest absolute Gasteiger partial charge is 0.465 e. The Morgan fingerprint density at radius 1 is 1.29 bits per heavy atom. The summed E-state index contributed by atoms with van der Waals surface area (Å²) in [6.07, 6.45) is -1.77. The number of primary amides is 1. The average Bonchev–Trinajstić information content (AvgIpc) is 2.25. The lowest BCUT2D eigenvalue weighted by molar-refractivity contribution is 0.104. The van der Waals surface area contributed by atoms with Crippen LogP contribution in [0.2, 0.25) is 0 Å². The van der Waals surface area contributed by atoms with Crippen LogP contribution in [0.1, 0.15) is 6.92 Å². The molecular weight excluding hydrogens is 232 g/mol. The lowest BCUT2D eigenvalue weighted by Gasteiger charge is -1.99. The monoisotopic (exact) mass is 252 g/mol. The van der Waals surface area contributed by atoms with Gasteiger partial charge in [0.05, 0.1) is 13.2 Å². The van der Waals surface area contributed by atoms with Crippen molar-refractivity contribution in [3.05, 3.63) is 0 Å². The zero-order chi connectivity index (χ0) is 13.5. The molecule has 0 aliphatic rings. The molecule has 0 heterocycles. The van der Waals surface area contributed by atoms with Gasteiger partial charge in [-0.05, 0) is 6.92 Å². The fourth-order valence-corrected chi connectivity index (χ4v) is 0.600. The highest BCUT2D eigenvalue weighted by Crippen LogP contribution is 1.72. The van der Waals surface area contributed by atoms with Crippen molar-refractivity contribution >= 4 is 12.2 Å². The third-order valence-electron chi connectivity index (χ3n) is 1.26. The number of nitrogens with one attached hydrogen (secondary N) is 1. The second-order valence-corrected chi connectivity index (χ2v) is 2.59. The van der Waals surface area contributed by atoms with E-state index in [4.69, 9.17) is 9.84 Å². The summed E-state index contributed by atoms with van der Waals surface area (Å²) in [4.78, 5) is 19.6. The lowest BCUT2D eigenvalue weighted by Crippen LogP contribution is -2.25. The van der Waals surface area contributed by atoms with E-state index in [-0.39, 0.29) is 6.61 Å². The molecule has 8 heteroatoms. The average molecular weight is 252 g/mol. The summed E-state index contributed by atoms with van der Waals surface area (Å²) in [5.74, 6) is 0. The smallest absolute Gasteiger partial charge is 0.404 e. The fourth-order valence-electron chi connectivity index (χ4n) is 0.600. The number of carboxylic acid groups (broad SMARTS) is 1. The van der Waals surface area contributed by atoms with E-state index in [1.54, 1.807) is 0 Å². The second-order valence-electron chi connectivity index (χ2n) is 2.59. The Morgan fingerprint density at radius 2 is 1.94 bits per heavy atom. The third kappa shape index (κ3) is 25.1. The molecule has 0 aromatic heterocycles. The number of carbonyl (C=O) groups is 2. The zero-order valence-corrected chi connectivity index (χ0v) is 10.1. The van der Waals surface area contributed by atoms with E-state index in [9.17, 15) is 9.59 Å². The minimum atomic E-state index is -1.00. The van der Waals surface area contributed by atoms with E-state index in [0.29, 0.717) is 26.4 Å². The molecule has 0 radical (unpaired) electrons. The highest BCUT2D eigenvalue weighted by atomic mass is 16.6. The van der Waals surface area contributed by atoms with Crippen molar-refractivity contribution in [2.24, 2.45) is 5.73 Å². The second kappa shape index (κ2) is 14.5. The summed E-state index contributed by atoms with van der Waals surface area (Å²) < 4.78 is 13.7. The summed E-state index contributed by atoms with van der Waals surface area (Å²) in [6.45, 7) is 3.92. The van der Waals surface area contributed by atoms with Gasteiger partial charge >= 0.3 is 12.2 Å². The van der Waals surface area contributed by atoms with Crippen molar-refractivity contribution in [2.75, 3.05) is 40.1 Å². The summed E-state index contributed by atoms with van der Waals surface area (Å²) in [5.41, 5.74) is 4.62. The molecule has 0 fully saturated rings. The van der Waals surface area contributed by atoms with Gasteiger partial charge in [0.2, 0.25) is 0 Å². The number of hydrogen-bond donors (Lipinski definition) is 3. The molecule has 0 aliphatic carbocycles. The molecule has 102 valence electrons. The third-order valence-corrected chi connectivity index (χ3v) is 1.26. The van der Waals surface area contributed by atoms with E-state index in [1.165, 1.54) is 7.11 Å². The maximum atomic E-state index is 9.82. The molecule has 0 spiro atoms. The Kier molecular flexibility index (Phi) is 15.2.